The van der Waals surface area contributed by atoms with Crippen LogP contribution in [0.3, 0.4) is 0 Å². The molecule has 3 N–H and O–H groups in total. The first-order valence-corrected chi connectivity index (χ1v) is 10.8. The minimum atomic E-state index is -0.400. The van der Waals surface area contributed by atoms with Crippen molar-refractivity contribution in [2.45, 2.75) is 103 Å². The van der Waals surface area contributed by atoms with Crippen molar-refractivity contribution in [3.05, 3.63) is 0 Å². The molecular weight excluding hydrogens is 328 g/mol. The molecule has 1 amide bonds. The maximum absolute atomic E-state index is 11.7. The molecule has 0 aromatic carbocycles. The van der Waals surface area contributed by atoms with Crippen LogP contribution < -0.4 is 11.1 Å². The molecule has 0 aliphatic heterocycles. The third-order valence-corrected chi connectivity index (χ3v) is 4.58. The van der Waals surface area contributed by atoms with Gasteiger partial charge >= 0.3 is 5.97 Å². The van der Waals surface area contributed by atoms with Crippen molar-refractivity contribution in [3.8, 4) is 0 Å². The van der Waals surface area contributed by atoms with E-state index in [0.717, 1.165) is 12.8 Å². The predicted molar refractivity (Wildman–Crippen MR) is 108 cm³/mol. The number of nitrogens with one attached hydrogen (secondary N) is 1. The first kappa shape index (κ1) is 24.9. The van der Waals surface area contributed by atoms with Crippen molar-refractivity contribution in [2.24, 2.45) is 5.73 Å². The van der Waals surface area contributed by atoms with Gasteiger partial charge in [-0.1, -0.05) is 84.0 Å². The van der Waals surface area contributed by atoms with Crippen LogP contribution in [-0.4, -0.2) is 31.6 Å². The highest BCUT2D eigenvalue weighted by Gasteiger charge is 2.02. The third-order valence-electron chi connectivity index (χ3n) is 4.58. The summed E-state index contributed by atoms with van der Waals surface area (Å²) in [4.78, 5) is 22.5. The van der Waals surface area contributed by atoms with Gasteiger partial charge in [0.05, 0.1) is 13.2 Å². The second-order valence-electron chi connectivity index (χ2n) is 7.12. The number of carbonyl (C=O) groups excluding carboxylic acids is 2. The van der Waals surface area contributed by atoms with E-state index < -0.39 is 5.97 Å². The van der Waals surface area contributed by atoms with Crippen LogP contribution in [-0.2, 0) is 14.3 Å². The molecule has 0 saturated carbocycles. The lowest BCUT2D eigenvalue weighted by Crippen LogP contribution is -2.25. The fourth-order valence-electron chi connectivity index (χ4n) is 2.94. The second-order valence-corrected chi connectivity index (χ2v) is 7.12. The zero-order valence-corrected chi connectivity index (χ0v) is 17.0. The quantitative estimate of drug-likeness (QED) is 0.259. The maximum Gasteiger partial charge on any atom is 0.319 e. The van der Waals surface area contributed by atoms with Crippen LogP contribution in [0.15, 0.2) is 0 Å². The van der Waals surface area contributed by atoms with Gasteiger partial charge in [0.15, 0.2) is 0 Å². The zero-order chi connectivity index (χ0) is 19.3. The highest BCUT2D eigenvalue weighted by atomic mass is 16.5. The minimum Gasteiger partial charge on any atom is -0.465 e. The Labute approximate surface area is 160 Å². The molecule has 0 spiro atoms. The summed E-state index contributed by atoms with van der Waals surface area (Å²) in [5.41, 5.74) is 5.13. The number of rotatable bonds is 19. The molecule has 0 rings (SSSR count). The highest BCUT2D eigenvalue weighted by Crippen LogP contribution is 2.12. The largest absolute Gasteiger partial charge is 0.465 e. The Hall–Kier alpha value is -1.10. The van der Waals surface area contributed by atoms with Gasteiger partial charge in [0.25, 0.3) is 0 Å². The fraction of sp³-hybridized carbons (Fsp3) is 0.905. The average Bonchev–Trinajstić information content (AvgIpc) is 2.65. The number of carbonyl (C=O) groups is 2. The number of ether oxygens (including phenoxy) is 1. The van der Waals surface area contributed by atoms with E-state index in [0.29, 0.717) is 26.0 Å². The Balaban J connectivity index is 3.17. The van der Waals surface area contributed by atoms with E-state index >= 15 is 0 Å². The Morgan fingerprint density at radius 1 is 0.769 bits per heavy atom. The van der Waals surface area contributed by atoms with Crippen molar-refractivity contribution >= 4 is 11.9 Å². The van der Waals surface area contributed by atoms with Gasteiger partial charge in [0.2, 0.25) is 5.91 Å². The molecule has 0 atom stereocenters. The van der Waals surface area contributed by atoms with Crippen LogP contribution in [0.25, 0.3) is 0 Å². The van der Waals surface area contributed by atoms with E-state index in [9.17, 15) is 9.59 Å². The van der Waals surface area contributed by atoms with Gasteiger partial charge in [0.1, 0.15) is 0 Å². The molecule has 26 heavy (non-hydrogen) atoms. The van der Waals surface area contributed by atoms with Crippen molar-refractivity contribution in [1.82, 2.24) is 5.32 Å². The van der Waals surface area contributed by atoms with Crippen LogP contribution in [0.1, 0.15) is 103 Å². The van der Waals surface area contributed by atoms with Gasteiger partial charge in [-0.25, -0.2) is 0 Å². The van der Waals surface area contributed by atoms with Crippen LogP contribution in [0.4, 0.5) is 0 Å². The topological polar surface area (TPSA) is 81.4 Å². The molecule has 0 heterocycles. The smallest absolute Gasteiger partial charge is 0.319 e. The summed E-state index contributed by atoms with van der Waals surface area (Å²) in [5, 5.41) is 2.86. The Morgan fingerprint density at radius 3 is 1.77 bits per heavy atom. The molecule has 5 heteroatoms. The maximum atomic E-state index is 11.7. The van der Waals surface area contributed by atoms with Crippen molar-refractivity contribution in [2.75, 3.05) is 19.7 Å². The van der Waals surface area contributed by atoms with Crippen molar-refractivity contribution in [3.63, 3.8) is 0 Å². The highest BCUT2D eigenvalue weighted by molar-refractivity contribution is 5.75. The number of nitrogens with two attached hydrogens (primary N) is 1. The first-order valence-electron chi connectivity index (χ1n) is 10.8. The fourth-order valence-corrected chi connectivity index (χ4v) is 2.94. The lowest BCUT2D eigenvalue weighted by atomic mass is 10.0. The standard InChI is InChI=1S/C21H42N2O3/c1-2-3-4-5-6-7-8-9-10-11-12-13-14-16-20(24)23-17-15-18-26-21(25)19-22/h2-19,22H2,1H3,(H,23,24). The number of esters is 1. The second kappa shape index (κ2) is 20.2. The van der Waals surface area contributed by atoms with E-state index in [1.165, 1.54) is 70.6 Å². The molecule has 0 aliphatic rings. The predicted octanol–water partition coefficient (Wildman–Crippen LogP) is 4.48. The summed E-state index contributed by atoms with van der Waals surface area (Å²) in [5.74, 6) is -0.304. The molecule has 0 aromatic heterocycles. The first-order chi connectivity index (χ1) is 12.7. The zero-order valence-electron chi connectivity index (χ0n) is 17.0. The van der Waals surface area contributed by atoms with Gasteiger partial charge in [-0.3, -0.25) is 9.59 Å². The summed E-state index contributed by atoms with van der Waals surface area (Å²) >= 11 is 0. The number of unbranched alkanes of at least 4 members (excludes halogenated alkanes) is 12. The molecule has 5 nitrogen and oxygen atoms in total. The molecule has 0 radical (unpaired) electrons. The molecule has 0 aromatic rings. The summed E-state index contributed by atoms with van der Waals surface area (Å²) in [6.45, 7) is 3.04. The van der Waals surface area contributed by atoms with Crippen molar-refractivity contribution < 1.29 is 14.3 Å². The lowest BCUT2D eigenvalue weighted by molar-refractivity contribution is -0.141. The third kappa shape index (κ3) is 19.2. The molecular formula is C21H42N2O3. The van der Waals surface area contributed by atoms with Gasteiger partial charge in [-0.15, -0.1) is 0 Å². The van der Waals surface area contributed by atoms with E-state index in [1.54, 1.807) is 0 Å². The molecule has 0 saturated heterocycles. The van der Waals surface area contributed by atoms with E-state index in [-0.39, 0.29) is 12.5 Å². The monoisotopic (exact) mass is 370 g/mol. The molecule has 0 aliphatic carbocycles. The molecule has 0 bridgehead atoms. The molecule has 0 fully saturated rings. The SMILES string of the molecule is CCCCCCCCCCCCCCCC(=O)NCCCOC(=O)CN. The Morgan fingerprint density at radius 2 is 1.27 bits per heavy atom. The molecule has 154 valence electrons. The van der Waals surface area contributed by atoms with Crippen LogP contribution >= 0.6 is 0 Å². The van der Waals surface area contributed by atoms with Crippen LogP contribution in [0, 0.1) is 0 Å². The summed E-state index contributed by atoms with van der Waals surface area (Å²) in [7, 11) is 0. The van der Waals surface area contributed by atoms with Crippen molar-refractivity contribution in [1.29, 1.82) is 0 Å². The van der Waals surface area contributed by atoms with Gasteiger partial charge in [0, 0.05) is 13.0 Å². The summed E-state index contributed by atoms with van der Waals surface area (Å²) in [6, 6.07) is 0. The Bertz CT molecular complexity index is 335. The Kier molecular flexibility index (Phi) is 19.4. The summed E-state index contributed by atoms with van der Waals surface area (Å²) < 4.78 is 4.84. The van der Waals surface area contributed by atoms with Crippen LogP contribution in [0.2, 0.25) is 0 Å². The van der Waals surface area contributed by atoms with Gasteiger partial charge in [-0.05, 0) is 12.8 Å². The van der Waals surface area contributed by atoms with E-state index in [2.05, 4.69) is 12.2 Å². The van der Waals surface area contributed by atoms with E-state index in [1.807, 2.05) is 0 Å². The van der Waals surface area contributed by atoms with E-state index in [4.69, 9.17) is 10.5 Å². The van der Waals surface area contributed by atoms with Crippen LogP contribution in [0.5, 0.6) is 0 Å². The lowest BCUT2D eigenvalue weighted by Gasteiger charge is -2.06. The van der Waals surface area contributed by atoms with Gasteiger partial charge < -0.3 is 15.8 Å². The molecule has 0 unspecified atom stereocenters. The number of hydrogen-bond acceptors (Lipinski definition) is 4. The normalized spacial score (nSPS) is 10.7. The number of amides is 1. The average molecular weight is 371 g/mol. The number of hydrogen-bond donors (Lipinski definition) is 2. The van der Waals surface area contributed by atoms with Gasteiger partial charge in [-0.2, -0.15) is 0 Å². The summed E-state index contributed by atoms with van der Waals surface area (Å²) in [6.07, 6.45) is 18.3. The minimum absolute atomic E-state index is 0.0919.